The average Bonchev–Trinajstić information content (AvgIpc) is 2.76. The first-order valence-corrected chi connectivity index (χ1v) is 7.08. The maximum absolute atomic E-state index is 6.00. The van der Waals surface area contributed by atoms with Crippen molar-refractivity contribution in [2.45, 2.75) is 27.2 Å². The molecule has 0 bridgehead atoms. The van der Waals surface area contributed by atoms with Crippen LogP contribution in [0.15, 0.2) is 46.9 Å². The lowest BCUT2D eigenvalue weighted by Gasteiger charge is -2.18. The van der Waals surface area contributed by atoms with Gasteiger partial charge in [0.1, 0.15) is 16.9 Å². The molecule has 0 spiro atoms. The third-order valence-corrected chi connectivity index (χ3v) is 3.47. The van der Waals surface area contributed by atoms with Gasteiger partial charge in [-0.1, -0.05) is 45.0 Å². The minimum absolute atomic E-state index is 0.284. The summed E-state index contributed by atoms with van der Waals surface area (Å²) in [6.45, 7) is 7.40. The Balaban J connectivity index is 1.98. The van der Waals surface area contributed by atoms with E-state index in [1.807, 2.05) is 36.4 Å². The van der Waals surface area contributed by atoms with Crippen LogP contribution in [0.25, 0.3) is 21.9 Å². The van der Waals surface area contributed by atoms with Crippen LogP contribution in [0.2, 0.25) is 0 Å². The molecule has 1 aromatic heterocycles. The zero-order valence-electron chi connectivity index (χ0n) is 12.3. The van der Waals surface area contributed by atoms with E-state index in [-0.39, 0.29) is 5.41 Å². The van der Waals surface area contributed by atoms with Gasteiger partial charge in [-0.15, -0.1) is 0 Å². The number of para-hydroxylation sites is 1. The molecule has 0 amide bonds. The van der Waals surface area contributed by atoms with Gasteiger partial charge >= 0.3 is 0 Å². The topological polar surface area (TPSA) is 22.4 Å². The highest BCUT2D eigenvalue weighted by Crippen LogP contribution is 2.35. The van der Waals surface area contributed by atoms with Gasteiger partial charge in [0.25, 0.3) is 0 Å². The maximum atomic E-state index is 6.00. The number of furan rings is 1. The van der Waals surface area contributed by atoms with Gasteiger partial charge in [-0.05, 0) is 30.0 Å². The van der Waals surface area contributed by atoms with Crippen molar-refractivity contribution < 1.29 is 9.15 Å². The molecule has 0 saturated carbocycles. The molecule has 0 unspecified atom stereocenters. The molecule has 0 N–H and O–H groups in total. The molecular formula is C18H20O2. The highest BCUT2D eigenvalue weighted by molar-refractivity contribution is 6.08. The second-order valence-corrected chi connectivity index (χ2v) is 6.39. The molecule has 3 aromatic rings. The fourth-order valence-corrected chi connectivity index (χ4v) is 2.33. The highest BCUT2D eigenvalue weighted by Gasteiger charge is 2.13. The van der Waals surface area contributed by atoms with Gasteiger partial charge in [-0.2, -0.15) is 0 Å². The molecule has 104 valence electrons. The largest absolute Gasteiger partial charge is 0.493 e. The van der Waals surface area contributed by atoms with Gasteiger partial charge in [0.05, 0.1) is 12.0 Å². The maximum Gasteiger partial charge on any atom is 0.139 e. The summed E-state index contributed by atoms with van der Waals surface area (Å²) in [7, 11) is 0. The molecule has 0 aliphatic rings. The van der Waals surface area contributed by atoms with Crippen LogP contribution in [0.4, 0.5) is 0 Å². The van der Waals surface area contributed by atoms with Crippen molar-refractivity contribution in [3.63, 3.8) is 0 Å². The van der Waals surface area contributed by atoms with Crippen molar-refractivity contribution in [2.75, 3.05) is 6.61 Å². The van der Waals surface area contributed by atoms with Crippen molar-refractivity contribution in [1.82, 2.24) is 0 Å². The van der Waals surface area contributed by atoms with E-state index >= 15 is 0 Å². The van der Waals surface area contributed by atoms with Crippen LogP contribution >= 0.6 is 0 Å². The SMILES string of the molecule is CC(C)(C)CCOc1cccc2oc3ccccc3c12. The van der Waals surface area contributed by atoms with E-state index in [4.69, 9.17) is 9.15 Å². The molecular weight excluding hydrogens is 248 g/mol. The fourth-order valence-electron chi connectivity index (χ4n) is 2.33. The van der Waals surface area contributed by atoms with E-state index in [0.29, 0.717) is 0 Å². The molecule has 0 aliphatic carbocycles. The first-order valence-electron chi connectivity index (χ1n) is 7.08. The Hall–Kier alpha value is -1.96. The van der Waals surface area contributed by atoms with Crippen LogP contribution in [0.3, 0.4) is 0 Å². The third kappa shape index (κ3) is 2.51. The van der Waals surface area contributed by atoms with Crippen molar-refractivity contribution in [1.29, 1.82) is 0 Å². The molecule has 0 fully saturated rings. The van der Waals surface area contributed by atoms with Gasteiger partial charge < -0.3 is 9.15 Å². The Morgan fingerprint density at radius 1 is 0.950 bits per heavy atom. The summed E-state index contributed by atoms with van der Waals surface area (Å²) < 4.78 is 11.9. The van der Waals surface area contributed by atoms with Crippen molar-refractivity contribution in [2.24, 2.45) is 5.41 Å². The Morgan fingerprint density at radius 3 is 2.50 bits per heavy atom. The number of fused-ring (bicyclic) bond motifs is 3. The molecule has 20 heavy (non-hydrogen) atoms. The summed E-state index contributed by atoms with van der Waals surface area (Å²) >= 11 is 0. The Kier molecular flexibility index (Phi) is 3.17. The molecule has 0 aliphatic heterocycles. The van der Waals surface area contributed by atoms with Gasteiger partial charge in [0.2, 0.25) is 0 Å². The molecule has 1 heterocycles. The van der Waals surface area contributed by atoms with Crippen LogP contribution in [-0.4, -0.2) is 6.61 Å². The number of hydrogen-bond acceptors (Lipinski definition) is 2. The summed E-state index contributed by atoms with van der Waals surface area (Å²) in [4.78, 5) is 0. The Labute approximate surface area is 119 Å². The average molecular weight is 268 g/mol. The van der Waals surface area contributed by atoms with Crippen LogP contribution in [0.1, 0.15) is 27.2 Å². The van der Waals surface area contributed by atoms with Gasteiger partial charge in [-0.25, -0.2) is 0 Å². The Morgan fingerprint density at radius 2 is 1.70 bits per heavy atom. The van der Waals surface area contributed by atoms with Crippen LogP contribution in [0.5, 0.6) is 5.75 Å². The van der Waals surface area contributed by atoms with Crippen LogP contribution in [0, 0.1) is 5.41 Å². The second-order valence-electron chi connectivity index (χ2n) is 6.39. The first-order chi connectivity index (χ1) is 9.54. The Bertz CT molecular complexity index is 732. The number of rotatable bonds is 3. The summed E-state index contributed by atoms with van der Waals surface area (Å²) in [5.74, 6) is 0.914. The van der Waals surface area contributed by atoms with Gasteiger partial charge in [0, 0.05) is 5.39 Å². The predicted octanol–water partition coefficient (Wildman–Crippen LogP) is 5.40. The fraction of sp³-hybridized carbons (Fsp3) is 0.333. The lowest BCUT2D eigenvalue weighted by Crippen LogP contribution is -2.11. The second kappa shape index (κ2) is 4.86. The standard InChI is InChI=1S/C18H20O2/c1-18(2,3)11-12-19-15-9-6-10-16-17(15)13-7-4-5-8-14(13)20-16/h4-10H,11-12H2,1-3H3. The smallest absolute Gasteiger partial charge is 0.139 e. The first kappa shape index (κ1) is 13.0. The normalized spacial score (nSPS) is 12.2. The van der Waals surface area contributed by atoms with E-state index in [2.05, 4.69) is 26.8 Å². The summed E-state index contributed by atoms with van der Waals surface area (Å²) in [5, 5.41) is 2.20. The molecule has 2 heteroatoms. The summed E-state index contributed by atoms with van der Waals surface area (Å²) in [6.07, 6.45) is 1.03. The number of hydrogen-bond donors (Lipinski definition) is 0. The van der Waals surface area contributed by atoms with Crippen molar-refractivity contribution >= 4 is 21.9 Å². The lowest BCUT2D eigenvalue weighted by molar-refractivity contribution is 0.245. The molecule has 0 atom stereocenters. The predicted molar refractivity (Wildman–Crippen MR) is 83.3 cm³/mol. The van der Waals surface area contributed by atoms with Gasteiger partial charge in [0.15, 0.2) is 0 Å². The molecule has 2 nitrogen and oxygen atoms in total. The van der Waals surface area contributed by atoms with E-state index in [9.17, 15) is 0 Å². The lowest BCUT2D eigenvalue weighted by atomic mass is 9.93. The number of benzene rings is 2. The zero-order valence-corrected chi connectivity index (χ0v) is 12.3. The highest BCUT2D eigenvalue weighted by atomic mass is 16.5. The molecule has 2 aromatic carbocycles. The molecule has 3 rings (SSSR count). The number of ether oxygens (including phenoxy) is 1. The van der Waals surface area contributed by atoms with Crippen molar-refractivity contribution in [3.05, 3.63) is 42.5 Å². The van der Waals surface area contributed by atoms with E-state index < -0.39 is 0 Å². The van der Waals surface area contributed by atoms with Gasteiger partial charge in [-0.3, -0.25) is 0 Å². The molecule has 0 radical (unpaired) electrons. The van der Waals surface area contributed by atoms with Crippen molar-refractivity contribution in [3.8, 4) is 5.75 Å². The quantitative estimate of drug-likeness (QED) is 0.634. The summed E-state index contributed by atoms with van der Waals surface area (Å²) in [6, 6.07) is 14.1. The third-order valence-electron chi connectivity index (χ3n) is 3.47. The molecule has 0 saturated heterocycles. The summed E-state index contributed by atoms with van der Waals surface area (Å²) in [5.41, 5.74) is 2.08. The van der Waals surface area contributed by atoms with E-state index in [1.165, 1.54) is 0 Å². The minimum Gasteiger partial charge on any atom is -0.493 e. The van der Waals surface area contributed by atoms with E-state index in [0.717, 1.165) is 40.7 Å². The van der Waals surface area contributed by atoms with Crippen LogP contribution in [-0.2, 0) is 0 Å². The monoisotopic (exact) mass is 268 g/mol. The van der Waals surface area contributed by atoms with E-state index in [1.54, 1.807) is 0 Å². The minimum atomic E-state index is 0.284. The van der Waals surface area contributed by atoms with Crippen LogP contribution < -0.4 is 4.74 Å². The zero-order chi connectivity index (χ0) is 14.2.